The lowest BCUT2D eigenvalue weighted by Gasteiger charge is -2.22. The van der Waals surface area contributed by atoms with Crippen molar-refractivity contribution in [1.82, 2.24) is 20.4 Å². The highest BCUT2D eigenvalue weighted by molar-refractivity contribution is 5.92. The number of hydrogen-bond acceptors (Lipinski definition) is 4. The summed E-state index contributed by atoms with van der Waals surface area (Å²) in [6, 6.07) is 5.51. The Hall–Kier alpha value is -2.08. The molecule has 1 unspecified atom stereocenters. The highest BCUT2D eigenvalue weighted by atomic mass is 16.3. The van der Waals surface area contributed by atoms with Crippen molar-refractivity contribution >= 4 is 5.91 Å². The molecule has 0 aliphatic carbocycles. The summed E-state index contributed by atoms with van der Waals surface area (Å²) in [7, 11) is 3.89. The van der Waals surface area contributed by atoms with Gasteiger partial charge in [-0.1, -0.05) is 6.92 Å². The monoisotopic (exact) mass is 276 g/mol. The minimum Gasteiger partial charge on any atom is -0.468 e. The molecule has 0 aliphatic rings. The van der Waals surface area contributed by atoms with Crippen LogP contribution in [0, 0.1) is 0 Å². The summed E-state index contributed by atoms with van der Waals surface area (Å²) in [5, 5.41) is 9.72. The fourth-order valence-electron chi connectivity index (χ4n) is 1.96. The first-order valence-electron chi connectivity index (χ1n) is 6.64. The maximum atomic E-state index is 12.0. The minimum absolute atomic E-state index is 0.00135. The number of likely N-dealkylation sites (N-methyl/N-ethyl adjacent to an activating group) is 1. The second kappa shape index (κ2) is 6.38. The molecule has 2 aromatic rings. The summed E-state index contributed by atoms with van der Waals surface area (Å²) in [4.78, 5) is 14.0. The van der Waals surface area contributed by atoms with Gasteiger partial charge in [-0.25, -0.2) is 0 Å². The fraction of sp³-hybridized carbons (Fsp3) is 0.429. The Labute approximate surface area is 118 Å². The van der Waals surface area contributed by atoms with Gasteiger partial charge >= 0.3 is 0 Å². The quantitative estimate of drug-likeness (QED) is 0.840. The second-order valence-electron chi connectivity index (χ2n) is 4.84. The van der Waals surface area contributed by atoms with Crippen molar-refractivity contribution in [3.63, 3.8) is 0 Å². The van der Waals surface area contributed by atoms with Crippen molar-refractivity contribution in [2.24, 2.45) is 0 Å². The standard InChI is InChI=1S/C14H20N4O2/c1-4-10-8-11(17-16-10)14(19)15-9-12(18(2)3)13-6-5-7-20-13/h5-8,12H,4,9H2,1-3H3,(H,15,19)(H,16,17). The SMILES string of the molecule is CCc1cc(C(=O)NCC(c2ccco2)N(C)C)n[nH]1. The van der Waals surface area contributed by atoms with E-state index in [4.69, 9.17) is 4.42 Å². The van der Waals surface area contributed by atoms with E-state index in [1.807, 2.05) is 38.1 Å². The van der Waals surface area contributed by atoms with Gasteiger partial charge in [0.1, 0.15) is 11.5 Å². The second-order valence-corrected chi connectivity index (χ2v) is 4.84. The molecule has 0 saturated carbocycles. The van der Waals surface area contributed by atoms with Gasteiger partial charge in [0.05, 0.1) is 12.3 Å². The zero-order valence-electron chi connectivity index (χ0n) is 12.0. The lowest BCUT2D eigenvalue weighted by Crippen LogP contribution is -2.34. The van der Waals surface area contributed by atoms with Crippen LogP contribution in [-0.2, 0) is 6.42 Å². The number of carbonyl (C=O) groups excluding carboxylic acids is 1. The number of nitrogens with zero attached hydrogens (tertiary/aromatic N) is 2. The van der Waals surface area contributed by atoms with E-state index in [1.54, 1.807) is 12.3 Å². The number of aryl methyl sites for hydroxylation is 1. The summed E-state index contributed by atoms with van der Waals surface area (Å²) < 4.78 is 5.40. The van der Waals surface area contributed by atoms with Gasteiger partial charge in [-0.2, -0.15) is 5.10 Å². The molecule has 0 radical (unpaired) electrons. The number of amides is 1. The predicted octanol–water partition coefficient (Wildman–Crippen LogP) is 1.60. The molecule has 1 amide bonds. The van der Waals surface area contributed by atoms with Crippen LogP contribution in [0.1, 0.15) is 34.9 Å². The van der Waals surface area contributed by atoms with E-state index >= 15 is 0 Å². The van der Waals surface area contributed by atoms with Gasteiger partial charge in [0.25, 0.3) is 5.91 Å². The van der Waals surface area contributed by atoms with Gasteiger partial charge < -0.3 is 9.73 Å². The first-order chi connectivity index (χ1) is 9.61. The number of carbonyl (C=O) groups is 1. The molecule has 0 aromatic carbocycles. The average Bonchev–Trinajstić information content (AvgIpc) is 3.09. The molecule has 2 N–H and O–H groups in total. The predicted molar refractivity (Wildman–Crippen MR) is 75.4 cm³/mol. The normalized spacial score (nSPS) is 12.6. The van der Waals surface area contributed by atoms with E-state index in [2.05, 4.69) is 15.5 Å². The number of hydrogen-bond donors (Lipinski definition) is 2. The molecule has 0 bridgehead atoms. The number of rotatable bonds is 6. The van der Waals surface area contributed by atoms with Gasteiger partial charge in [0.2, 0.25) is 0 Å². The summed E-state index contributed by atoms with van der Waals surface area (Å²) in [6.07, 6.45) is 2.46. The average molecular weight is 276 g/mol. The Kier molecular flexibility index (Phi) is 4.57. The van der Waals surface area contributed by atoms with Crippen LogP contribution < -0.4 is 5.32 Å². The van der Waals surface area contributed by atoms with E-state index in [0.717, 1.165) is 17.9 Å². The summed E-state index contributed by atoms with van der Waals surface area (Å²) >= 11 is 0. The Balaban J connectivity index is 1.97. The van der Waals surface area contributed by atoms with Crippen LogP contribution in [0.4, 0.5) is 0 Å². The maximum absolute atomic E-state index is 12.0. The smallest absolute Gasteiger partial charge is 0.271 e. The molecule has 6 nitrogen and oxygen atoms in total. The largest absolute Gasteiger partial charge is 0.468 e. The van der Waals surface area contributed by atoms with Crippen LogP contribution in [0.15, 0.2) is 28.9 Å². The molecule has 0 saturated heterocycles. The molecule has 6 heteroatoms. The Morgan fingerprint density at radius 2 is 2.35 bits per heavy atom. The Morgan fingerprint density at radius 1 is 1.55 bits per heavy atom. The minimum atomic E-state index is -0.181. The van der Waals surface area contributed by atoms with Crippen LogP contribution in [-0.4, -0.2) is 41.6 Å². The van der Waals surface area contributed by atoms with Gasteiger partial charge in [-0.3, -0.25) is 14.8 Å². The van der Waals surface area contributed by atoms with Crippen molar-refractivity contribution in [2.75, 3.05) is 20.6 Å². The van der Waals surface area contributed by atoms with E-state index in [0.29, 0.717) is 12.2 Å². The fourth-order valence-corrected chi connectivity index (χ4v) is 1.96. The highest BCUT2D eigenvalue weighted by Crippen LogP contribution is 2.17. The summed E-state index contributed by atoms with van der Waals surface area (Å²) in [5.41, 5.74) is 1.36. The third-order valence-corrected chi connectivity index (χ3v) is 3.20. The first-order valence-corrected chi connectivity index (χ1v) is 6.64. The first kappa shape index (κ1) is 14.3. The van der Waals surface area contributed by atoms with Crippen LogP contribution >= 0.6 is 0 Å². The lowest BCUT2D eigenvalue weighted by molar-refractivity contribution is 0.0934. The molecular formula is C14H20N4O2. The van der Waals surface area contributed by atoms with Crippen molar-refractivity contribution < 1.29 is 9.21 Å². The van der Waals surface area contributed by atoms with Gasteiger partial charge in [-0.15, -0.1) is 0 Å². The molecular weight excluding hydrogens is 256 g/mol. The van der Waals surface area contributed by atoms with Crippen LogP contribution in [0.5, 0.6) is 0 Å². The number of H-pyrrole nitrogens is 1. The lowest BCUT2D eigenvalue weighted by atomic mass is 10.2. The number of nitrogens with one attached hydrogen (secondary N) is 2. The zero-order chi connectivity index (χ0) is 14.5. The maximum Gasteiger partial charge on any atom is 0.271 e. The summed E-state index contributed by atoms with van der Waals surface area (Å²) in [6.45, 7) is 2.47. The van der Waals surface area contributed by atoms with E-state index in [-0.39, 0.29) is 11.9 Å². The molecule has 2 rings (SSSR count). The molecule has 0 fully saturated rings. The van der Waals surface area contributed by atoms with Crippen molar-refractivity contribution in [1.29, 1.82) is 0 Å². The van der Waals surface area contributed by atoms with E-state index < -0.39 is 0 Å². The topological polar surface area (TPSA) is 74.2 Å². The molecule has 0 spiro atoms. The number of aromatic nitrogens is 2. The Bertz CT molecular complexity index is 545. The van der Waals surface area contributed by atoms with Crippen LogP contribution in [0.3, 0.4) is 0 Å². The van der Waals surface area contributed by atoms with Gasteiger partial charge in [0, 0.05) is 12.2 Å². The van der Waals surface area contributed by atoms with E-state index in [9.17, 15) is 4.79 Å². The number of aromatic amines is 1. The highest BCUT2D eigenvalue weighted by Gasteiger charge is 2.19. The van der Waals surface area contributed by atoms with Crippen LogP contribution in [0.25, 0.3) is 0 Å². The van der Waals surface area contributed by atoms with E-state index in [1.165, 1.54) is 0 Å². The molecule has 1 atom stereocenters. The van der Waals surface area contributed by atoms with Crippen LogP contribution in [0.2, 0.25) is 0 Å². The third kappa shape index (κ3) is 3.27. The molecule has 0 aliphatic heterocycles. The third-order valence-electron chi connectivity index (χ3n) is 3.20. The molecule has 2 aromatic heterocycles. The molecule has 20 heavy (non-hydrogen) atoms. The zero-order valence-corrected chi connectivity index (χ0v) is 12.0. The van der Waals surface area contributed by atoms with Gasteiger partial charge in [0.15, 0.2) is 0 Å². The molecule has 2 heterocycles. The Morgan fingerprint density at radius 3 is 2.90 bits per heavy atom. The van der Waals surface area contributed by atoms with Crippen molar-refractivity contribution in [3.05, 3.63) is 41.6 Å². The molecule has 108 valence electrons. The van der Waals surface area contributed by atoms with Crippen molar-refractivity contribution in [3.8, 4) is 0 Å². The summed E-state index contributed by atoms with van der Waals surface area (Å²) in [5.74, 6) is 0.644. The van der Waals surface area contributed by atoms with Crippen molar-refractivity contribution in [2.45, 2.75) is 19.4 Å². The van der Waals surface area contributed by atoms with Gasteiger partial charge in [-0.05, 0) is 38.7 Å². The number of furan rings is 1.